The van der Waals surface area contributed by atoms with Gasteiger partial charge in [-0.15, -0.1) is 0 Å². The molecular weight excluding hydrogens is 274 g/mol. The van der Waals surface area contributed by atoms with Gasteiger partial charge >= 0.3 is 0 Å². The Morgan fingerprint density at radius 2 is 2.44 bits per heavy atom. The number of aromatic nitrogens is 2. The minimum Gasteiger partial charge on any atom is -0.392 e. The van der Waals surface area contributed by atoms with Crippen LogP contribution in [0.3, 0.4) is 0 Å². The third kappa shape index (κ3) is 2.56. The van der Waals surface area contributed by atoms with Gasteiger partial charge in [0.15, 0.2) is 5.03 Å². The number of aliphatic hydroxyl groups excluding tert-OH is 1. The molecular formula is C10H17N3O3S2. The van der Waals surface area contributed by atoms with Crippen LogP contribution in [0.4, 0.5) is 0 Å². The van der Waals surface area contributed by atoms with Crippen LogP contribution in [0.2, 0.25) is 0 Å². The number of nitrogens with zero attached hydrogens (tertiary/aromatic N) is 2. The summed E-state index contributed by atoms with van der Waals surface area (Å²) in [4.78, 5) is 0. The molecule has 0 spiro atoms. The Bertz CT molecular complexity index is 500. The van der Waals surface area contributed by atoms with E-state index in [4.69, 9.17) is 5.11 Å². The van der Waals surface area contributed by atoms with E-state index in [9.17, 15) is 8.42 Å². The van der Waals surface area contributed by atoms with Crippen LogP contribution in [0.15, 0.2) is 11.2 Å². The average Bonchev–Trinajstić information content (AvgIpc) is 2.88. The second kappa shape index (κ2) is 5.60. The van der Waals surface area contributed by atoms with Crippen LogP contribution >= 0.6 is 11.8 Å². The van der Waals surface area contributed by atoms with Crippen molar-refractivity contribution in [3.63, 3.8) is 0 Å². The lowest BCUT2D eigenvalue weighted by Crippen LogP contribution is -2.42. The van der Waals surface area contributed by atoms with Crippen LogP contribution < -0.4 is 0 Å². The largest absolute Gasteiger partial charge is 0.392 e. The molecule has 1 fully saturated rings. The quantitative estimate of drug-likeness (QED) is 0.839. The number of rotatable bonds is 4. The highest BCUT2D eigenvalue weighted by molar-refractivity contribution is 8.00. The number of H-pyrrole nitrogens is 1. The summed E-state index contributed by atoms with van der Waals surface area (Å²) in [5.74, 6) is 0.806. The van der Waals surface area contributed by atoms with E-state index in [1.165, 1.54) is 10.5 Å². The smallest absolute Gasteiger partial charge is 0.260 e. The van der Waals surface area contributed by atoms with Crippen LogP contribution in [0.1, 0.15) is 18.9 Å². The molecule has 1 aromatic rings. The Labute approximate surface area is 111 Å². The first-order valence-electron chi connectivity index (χ1n) is 5.84. The number of aliphatic hydroxyl groups is 1. The molecule has 0 amide bonds. The summed E-state index contributed by atoms with van der Waals surface area (Å²) in [5.41, 5.74) is 0.321. The lowest BCUT2D eigenvalue weighted by atomic mass is 10.3. The van der Waals surface area contributed by atoms with Crippen molar-refractivity contribution in [1.82, 2.24) is 14.5 Å². The third-order valence-corrected chi connectivity index (χ3v) is 6.26. The zero-order valence-corrected chi connectivity index (χ0v) is 11.8. The standard InChI is InChI=1S/C10H17N3O3S2/c1-2-9-6-13(3-4-17-9)18(15,16)10-8(7-14)5-11-12-10/h5,9,14H,2-4,6-7H2,1H3,(H,11,12). The summed E-state index contributed by atoms with van der Waals surface area (Å²) in [6.45, 7) is 2.76. The molecule has 2 N–H and O–H groups in total. The number of thioether (sulfide) groups is 1. The molecule has 6 nitrogen and oxygen atoms in total. The van der Waals surface area contributed by atoms with Gasteiger partial charge in [-0.25, -0.2) is 8.42 Å². The number of nitrogens with one attached hydrogen (secondary N) is 1. The first-order chi connectivity index (χ1) is 8.59. The van der Waals surface area contributed by atoms with Gasteiger partial charge in [0, 0.05) is 29.7 Å². The summed E-state index contributed by atoms with van der Waals surface area (Å²) in [6.07, 6.45) is 2.30. The molecule has 0 saturated carbocycles. The van der Waals surface area contributed by atoms with E-state index in [1.54, 1.807) is 0 Å². The Kier molecular flexibility index (Phi) is 4.31. The van der Waals surface area contributed by atoms with Crippen LogP contribution in [0, 0.1) is 0 Å². The van der Waals surface area contributed by atoms with E-state index in [2.05, 4.69) is 17.1 Å². The Balaban J connectivity index is 2.25. The lowest BCUT2D eigenvalue weighted by molar-refractivity contribution is 0.278. The minimum atomic E-state index is -3.56. The van der Waals surface area contributed by atoms with E-state index in [-0.39, 0.29) is 11.6 Å². The van der Waals surface area contributed by atoms with Crippen molar-refractivity contribution >= 4 is 21.8 Å². The van der Waals surface area contributed by atoms with E-state index >= 15 is 0 Å². The number of hydrogen-bond acceptors (Lipinski definition) is 5. The first-order valence-corrected chi connectivity index (χ1v) is 8.33. The zero-order chi connectivity index (χ0) is 13.2. The number of hydrogen-bond donors (Lipinski definition) is 2. The second-order valence-electron chi connectivity index (χ2n) is 4.15. The van der Waals surface area contributed by atoms with Gasteiger partial charge < -0.3 is 5.11 Å². The predicted octanol–water partition coefficient (Wildman–Crippen LogP) is 0.418. The van der Waals surface area contributed by atoms with Crippen molar-refractivity contribution in [1.29, 1.82) is 0 Å². The van der Waals surface area contributed by atoms with Crippen LogP contribution in [-0.4, -0.2) is 52.1 Å². The Morgan fingerprint density at radius 1 is 1.67 bits per heavy atom. The number of aromatic amines is 1. The van der Waals surface area contributed by atoms with Gasteiger partial charge in [0.05, 0.1) is 12.8 Å². The average molecular weight is 291 g/mol. The van der Waals surface area contributed by atoms with E-state index in [0.717, 1.165) is 12.2 Å². The number of sulfonamides is 1. The fraction of sp³-hybridized carbons (Fsp3) is 0.700. The highest BCUT2D eigenvalue weighted by Crippen LogP contribution is 2.26. The van der Waals surface area contributed by atoms with E-state index < -0.39 is 10.0 Å². The molecule has 1 saturated heterocycles. The maximum atomic E-state index is 12.4. The molecule has 1 atom stereocenters. The molecule has 0 aliphatic carbocycles. The lowest BCUT2D eigenvalue weighted by Gasteiger charge is -2.30. The molecule has 0 bridgehead atoms. The monoisotopic (exact) mass is 291 g/mol. The molecule has 18 heavy (non-hydrogen) atoms. The van der Waals surface area contributed by atoms with Gasteiger partial charge in [-0.1, -0.05) is 6.92 Å². The normalized spacial score (nSPS) is 22.2. The minimum absolute atomic E-state index is 0.0201. The molecule has 1 aromatic heterocycles. The van der Waals surface area contributed by atoms with Crippen LogP contribution in [-0.2, 0) is 16.6 Å². The molecule has 1 aliphatic rings. The maximum absolute atomic E-state index is 12.4. The van der Waals surface area contributed by atoms with Gasteiger partial charge in [0.2, 0.25) is 0 Å². The van der Waals surface area contributed by atoms with E-state index in [1.807, 2.05) is 11.8 Å². The summed E-state index contributed by atoms with van der Waals surface area (Å²) in [7, 11) is -3.56. The molecule has 2 heterocycles. The molecule has 2 rings (SSSR count). The SMILES string of the molecule is CCC1CN(S(=O)(=O)c2[nH]ncc2CO)CCS1. The van der Waals surface area contributed by atoms with Gasteiger partial charge in [-0.3, -0.25) is 5.10 Å². The van der Waals surface area contributed by atoms with Crippen molar-refractivity contribution in [2.45, 2.75) is 30.2 Å². The zero-order valence-electron chi connectivity index (χ0n) is 10.2. The van der Waals surface area contributed by atoms with Gasteiger partial charge in [0.1, 0.15) is 0 Å². The Morgan fingerprint density at radius 3 is 3.11 bits per heavy atom. The van der Waals surface area contributed by atoms with Crippen molar-refractivity contribution < 1.29 is 13.5 Å². The third-order valence-electron chi connectivity index (χ3n) is 3.00. The highest BCUT2D eigenvalue weighted by Gasteiger charge is 2.32. The van der Waals surface area contributed by atoms with Crippen molar-refractivity contribution in [3.8, 4) is 0 Å². The molecule has 8 heteroatoms. The molecule has 1 aliphatic heterocycles. The first kappa shape index (κ1) is 13.9. The summed E-state index contributed by atoms with van der Waals surface area (Å²) in [5, 5.41) is 15.7. The molecule has 102 valence electrons. The van der Waals surface area contributed by atoms with Gasteiger partial charge in [-0.2, -0.15) is 21.2 Å². The van der Waals surface area contributed by atoms with Crippen molar-refractivity contribution in [2.75, 3.05) is 18.8 Å². The fourth-order valence-electron chi connectivity index (χ4n) is 1.92. The van der Waals surface area contributed by atoms with Crippen LogP contribution in [0.5, 0.6) is 0 Å². The molecule has 0 radical (unpaired) electrons. The van der Waals surface area contributed by atoms with Crippen molar-refractivity contribution in [2.24, 2.45) is 0 Å². The van der Waals surface area contributed by atoms with Gasteiger partial charge in [-0.05, 0) is 6.42 Å². The molecule has 0 aromatic carbocycles. The highest BCUT2D eigenvalue weighted by atomic mass is 32.2. The molecule has 1 unspecified atom stereocenters. The maximum Gasteiger partial charge on any atom is 0.260 e. The van der Waals surface area contributed by atoms with E-state index in [0.29, 0.717) is 23.9 Å². The fourth-order valence-corrected chi connectivity index (χ4v) is 4.89. The van der Waals surface area contributed by atoms with Crippen molar-refractivity contribution in [3.05, 3.63) is 11.8 Å². The summed E-state index contributed by atoms with van der Waals surface area (Å²) >= 11 is 1.81. The van der Waals surface area contributed by atoms with Gasteiger partial charge in [0.25, 0.3) is 10.0 Å². The summed E-state index contributed by atoms with van der Waals surface area (Å²) < 4.78 is 26.3. The van der Waals surface area contributed by atoms with Crippen LogP contribution in [0.25, 0.3) is 0 Å². The predicted molar refractivity (Wildman–Crippen MR) is 69.8 cm³/mol. The Hall–Kier alpha value is -0.570. The topological polar surface area (TPSA) is 86.3 Å². The second-order valence-corrected chi connectivity index (χ2v) is 7.43. The summed E-state index contributed by atoms with van der Waals surface area (Å²) in [6, 6.07) is 0.